The monoisotopic (exact) mass is 295 g/mol. The molecule has 3 rings (SSSR count). The molecule has 1 atom stereocenters. The molecular formula is C15H21NO3S. The van der Waals surface area contributed by atoms with E-state index in [4.69, 9.17) is 9.47 Å². The predicted molar refractivity (Wildman–Crippen MR) is 78.4 cm³/mol. The lowest BCUT2D eigenvalue weighted by molar-refractivity contribution is -0.181. The summed E-state index contributed by atoms with van der Waals surface area (Å²) in [6, 6.07) is 1.99. The molecule has 5 heteroatoms. The first-order valence-electron chi connectivity index (χ1n) is 7.06. The Morgan fingerprint density at radius 1 is 1.50 bits per heavy atom. The van der Waals surface area contributed by atoms with Crippen molar-refractivity contribution in [2.45, 2.75) is 38.4 Å². The second kappa shape index (κ2) is 5.13. The predicted octanol–water partition coefficient (Wildman–Crippen LogP) is 2.38. The van der Waals surface area contributed by atoms with E-state index in [1.165, 1.54) is 10.4 Å². The van der Waals surface area contributed by atoms with Gasteiger partial charge in [-0.3, -0.25) is 4.79 Å². The minimum absolute atomic E-state index is 0.139. The van der Waals surface area contributed by atoms with Crippen molar-refractivity contribution in [3.8, 4) is 0 Å². The number of amides is 1. The zero-order chi connectivity index (χ0) is 14.3. The third kappa shape index (κ3) is 2.38. The van der Waals surface area contributed by atoms with E-state index in [-0.39, 0.29) is 17.6 Å². The van der Waals surface area contributed by atoms with Crippen LogP contribution in [0.1, 0.15) is 33.0 Å². The van der Waals surface area contributed by atoms with Crippen molar-refractivity contribution in [3.05, 3.63) is 21.4 Å². The molecule has 0 saturated carbocycles. The number of ether oxygens (including phenoxy) is 2. The quantitative estimate of drug-likeness (QED) is 0.841. The van der Waals surface area contributed by atoms with Crippen LogP contribution >= 0.6 is 11.3 Å². The van der Waals surface area contributed by atoms with E-state index in [0.717, 1.165) is 24.3 Å². The minimum atomic E-state index is -0.157. The smallest absolute Gasteiger partial charge is 0.264 e. The summed E-state index contributed by atoms with van der Waals surface area (Å²) in [4.78, 5) is 16.4. The van der Waals surface area contributed by atoms with Gasteiger partial charge in [0.2, 0.25) is 0 Å². The van der Waals surface area contributed by atoms with E-state index in [0.29, 0.717) is 13.1 Å². The number of carbonyl (C=O) groups excluding carboxylic acids is 1. The molecule has 3 heterocycles. The highest BCUT2D eigenvalue weighted by atomic mass is 32.1. The second-order valence-electron chi connectivity index (χ2n) is 5.89. The lowest BCUT2D eigenvalue weighted by Crippen LogP contribution is -2.67. The Kier molecular flexibility index (Phi) is 3.60. The van der Waals surface area contributed by atoms with Crippen LogP contribution in [-0.2, 0) is 9.47 Å². The third-order valence-corrected chi connectivity index (χ3v) is 5.54. The molecule has 1 aromatic heterocycles. The van der Waals surface area contributed by atoms with Gasteiger partial charge in [0.15, 0.2) is 0 Å². The van der Waals surface area contributed by atoms with Crippen LogP contribution in [0.25, 0.3) is 0 Å². The normalized spacial score (nSPS) is 24.8. The Morgan fingerprint density at radius 3 is 2.85 bits per heavy atom. The van der Waals surface area contributed by atoms with Crippen LogP contribution in [-0.4, -0.2) is 49.3 Å². The summed E-state index contributed by atoms with van der Waals surface area (Å²) in [5.41, 5.74) is 1.04. The van der Waals surface area contributed by atoms with E-state index in [9.17, 15) is 4.79 Å². The molecule has 0 unspecified atom stereocenters. The summed E-state index contributed by atoms with van der Waals surface area (Å²) in [6.45, 7) is 6.23. The van der Waals surface area contributed by atoms with Gasteiger partial charge in [-0.2, -0.15) is 0 Å². The van der Waals surface area contributed by atoms with E-state index < -0.39 is 0 Å². The average molecular weight is 295 g/mol. The highest BCUT2D eigenvalue weighted by Gasteiger charge is 2.49. The molecule has 1 aromatic rings. The van der Waals surface area contributed by atoms with Crippen molar-refractivity contribution in [1.82, 2.24) is 4.90 Å². The van der Waals surface area contributed by atoms with Crippen LogP contribution in [0.4, 0.5) is 0 Å². The van der Waals surface area contributed by atoms with Crippen LogP contribution < -0.4 is 0 Å². The molecule has 0 bridgehead atoms. The topological polar surface area (TPSA) is 38.8 Å². The number of methoxy groups -OCH3 is 1. The Morgan fingerprint density at radius 2 is 2.25 bits per heavy atom. The summed E-state index contributed by atoms with van der Waals surface area (Å²) in [5, 5.41) is 0. The first-order valence-corrected chi connectivity index (χ1v) is 7.88. The molecule has 2 aliphatic rings. The van der Waals surface area contributed by atoms with Gasteiger partial charge >= 0.3 is 0 Å². The number of likely N-dealkylation sites (tertiary alicyclic amines) is 1. The zero-order valence-corrected chi connectivity index (χ0v) is 13.1. The van der Waals surface area contributed by atoms with Gasteiger partial charge in [0.1, 0.15) is 5.60 Å². The largest absolute Gasteiger partial charge is 0.381 e. The number of aryl methyl sites for hydroxylation is 2. The molecule has 0 radical (unpaired) electrons. The first kappa shape index (κ1) is 14.0. The number of thiophene rings is 1. The molecule has 2 fully saturated rings. The van der Waals surface area contributed by atoms with Crippen LogP contribution in [0, 0.1) is 13.8 Å². The first-order chi connectivity index (χ1) is 9.53. The summed E-state index contributed by atoms with van der Waals surface area (Å²) in [5.74, 6) is 0.139. The van der Waals surface area contributed by atoms with Gasteiger partial charge in [-0.1, -0.05) is 0 Å². The fourth-order valence-corrected chi connectivity index (χ4v) is 4.03. The Hall–Kier alpha value is -0.910. The van der Waals surface area contributed by atoms with Crippen molar-refractivity contribution in [2.24, 2.45) is 0 Å². The van der Waals surface area contributed by atoms with Crippen molar-refractivity contribution >= 4 is 17.2 Å². The summed E-state index contributed by atoms with van der Waals surface area (Å²) < 4.78 is 11.3. The number of hydrogen-bond acceptors (Lipinski definition) is 4. The molecule has 2 aliphatic heterocycles. The van der Waals surface area contributed by atoms with Gasteiger partial charge in [-0.05, 0) is 31.9 Å². The lowest BCUT2D eigenvalue weighted by atomic mass is 9.84. The molecule has 1 spiro atoms. The van der Waals surface area contributed by atoms with E-state index in [2.05, 4.69) is 6.92 Å². The number of carbonyl (C=O) groups is 1. The van der Waals surface area contributed by atoms with Crippen molar-refractivity contribution in [1.29, 1.82) is 0 Å². The van der Waals surface area contributed by atoms with Crippen LogP contribution in [0.2, 0.25) is 0 Å². The molecule has 1 amide bonds. The summed E-state index contributed by atoms with van der Waals surface area (Å²) in [7, 11) is 1.75. The molecule has 0 aliphatic carbocycles. The highest BCUT2D eigenvalue weighted by Crippen LogP contribution is 2.36. The number of hydrogen-bond donors (Lipinski definition) is 0. The third-order valence-electron chi connectivity index (χ3n) is 4.40. The number of rotatable bonds is 2. The maximum Gasteiger partial charge on any atom is 0.264 e. The summed E-state index contributed by atoms with van der Waals surface area (Å²) >= 11 is 1.58. The molecule has 2 saturated heterocycles. The highest BCUT2D eigenvalue weighted by molar-refractivity contribution is 7.14. The van der Waals surface area contributed by atoms with Gasteiger partial charge in [0.25, 0.3) is 5.91 Å². The van der Waals surface area contributed by atoms with Gasteiger partial charge < -0.3 is 14.4 Å². The number of nitrogens with zero attached hydrogens (tertiary/aromatic N) is 1. The Labute approximate surface area is 123 Å². The van der Waals surface area contributed by atoms with Gasteiger partial charge in [-0.25, -0.2) is 0 Å². The van der Waals surface area contributed by atoms with Gasteiger partial charge in [0, 0.05) is 25.0 Å². The van der Waals surface area contributed by atoms with Gasteiger partial charge in [0.05, 0.1) is 24.1 Å². The Bertz CT molecular complexity index is 500. The lowest BCUT2D eigenvalue weighted by Gasteiger charge is -2.52. The van der Waals surface area contributed by atoms with Crippen LogP contribution in [0.5, 0.6) is 0 Å². The standard InChI is InChI=1S/C15H21NO3S/c1-10-6-13(20-11(10)2)14(17)16-8-15(9-16)7-12(18-3)4-5-19-15/h6,12H,4-5,7-9H2,1-3H3/t12-/m0/s1. The van der Waals surface area contributed by atoms with Crippen molar-refractivity contribution in [2.75, 3.05) is 26.8 Å². The maximum absolute atomic E-state index is 12.4. The zero-order valence-electron chi connectivity index (χ0n) is 12.3. The fraction of sp³-hybridized carbons (Fsp3) is 0.667. The van der Waals surface area contributed by atoms with Crippen LogP contribution in [0.15, 0.2) is 6.07 Å². The molecule has 110 valence electrons. The van der Waals surface area contributed by atoms with Crippen molar-refractivity contribution < 1.29 is 14.3 Å². The second-order valence-corrected chi connectivity index (χ2v) is 7.15. The van der Waals surface area contributed by atoms with Crippen molar-refractivity contribution in [3.63, 3.8) is 0 Å². The fourth-order valence-electron chi connectivity index (χ4n) is 3.03. The summed E-state index contributed by atoms with van der Waals surface area (Å²) in [6.07, 6.45) is 2.12. The van der Waals surface area contributed by atoms with E-state index in [1.807, 2.05) is 17.9 Å². The van der Waals surface area contributed by atoms with Crippen LogP contribution in [0.3, 0.4) is 0 Å². The Balaban J connectivity index is 1.63. The molecule has 20 heavy (non-hydrogen) atoms. The SMILES string of the molecule is CO[C@H]1CCOC2(C1)CN(C(=O)c1cc(C)c(C)s1)C2. The van der Waals surface area contributed by atoms with Gasteiger partial charge in [-0.15, -0.1) is 11.3 Å². The maximum atomic E-state index is 12.4. The average Bonchev–Trinajstić information content (AvgIpc) is 2.75. The molecule has 4 nitrogen and oxygen atoms in total. The molecular weight excluding hydrogens is 274 g/mol. The molecule has 0 N–H and O–H groups in total. The van der Waals surface area contributed by atoms with E-state index in [1.54, 1.807) is 18.4 Å². The molecule has 0 aromatic carbocycles. The minimum Gasteiger partial charge on any atom is -0.381 e. The van der Waals surface area contributed by atoms with E-state index >= 15 is 0 Å².